The minimum Gasteiger partial charge on any atom is -0.334 e. The maximum atomic E-state index is 15.0. The Morgan fingerprint density at radius 2 is 1.87 bits per heavy atom. The van der Waals surface area contributed by atoms with Gasteiger partial charge in [0.15, 0.2) is 5.82 Å². The molecule has 0 saturated heterocycles. The Hall–Kier alpha value is -3.83. The van der Waals surface area contributed by atoms with Crippen LogP contribution in [0.4, 0.5) is 21.6 Å². The van der Waals surface area contributed by atoms with E-state index in [9.17, 15) is 14.0 Å². The van der Waals surface area contributed by atoms with Crippen molar-refractivity contribution in [1.29, 1.82) is 0 Å². The quantitative estimate of drug-likeness (QED) is 0.381. The Morgan fingerprint density at radius 1 is 1.08 bits per heavy atom. The molecule has 11 heteroatoms. The van der Waals surface area contributed by atoms with Crippen LogP contribution in [0.15, 0.2) is 35.1 Å². The SMILES string of the molecule is Cc1c(-c2cc(Nc3cc4n(n3)CCN(C)C4)c(=O)[nH]n2)cc(F)cc1N1Cc2cc(C(C)(C)C)sc2C1=O. The molecule has 202 valence electrons. The highest BCUT2D eigenvalue weighted by Crippen LogP contribution is 2.41. The number of aromatic nitrogens is 4. The zero-order chi connectivity index (χ0) is 27.6. The van der Waals surface area contributed by atoms with Gasteiger partial charge >= 0.3 is 0 Å². The van der Waals surface area contributed by atoms with Crippen molar-refractivity contribution in [3.05, 3.63) is 73.1 Å². The first-order valence-corrected chi connectivity index (χ1v) is 13.7. The van der Waals surface area contributed by atoms with E-state index in [0.717, 1.165) is 35.8 Å². The summed E-state index contributed by atoms with van der Waals surface area (Å²) in [6.45, 7) is 11.0. The van der Waals surface area contributed by atoms with Gasteiger partial charge in [-0.3, -0.25) is 19.2 Å². The third kappa shape index (κ3) is 4.55. The smallest absolute Gasteiger partial charge is 0.287 e. The predicted molar refractivity (Wildman–Crippen MR) is 150 cm³/mol. The summed E-state index contributed by atoms with van der Waals surface area (Å²) in [6.07, 6.45) is 0. The van der Waals surface area contributed by atoms with Crippen molar-refractivity contribution in [3.8, 4) is 11.3 Å². The molecule has 0 spiro atoms. The highest BCUT2D eigenvalue weighted by atomic mass is 32.1. The lowest BCUT2D eigenvalue weighted by atomic mass is 9.94. The molecular formula is C28H30FN7O2S. The van der Waals surface area contributed by atoms with Crippen molar-refractivity contribution in [3.63, 3.8) is 0 Å². The van der Waals surface area contributed by atoms with Crippen LogP contribution in [0.3, 0.4) is 0 Å². The van der Waals surface area contributed by atoms with Crippen LogP contribution < -0.4 is 15.8 Å². The van der Waals surface area contributed by atoms with E-state index >= 15 is 0 Å². The number of H-pyrrole nitrogens is 1. The molecule has 0 saturated carbocycles. The molecule has 39 heavy (non-hydrogen) atoms. The number of rotatable bonds is 4. The normalized spacial score (nSPS) is 15.5. The summed E-state index contributed by atoms with van der Waals surface area (Å²) in [7, 11) is 2.05. The molecule has 0 atom stereocenters. The molecular weight excluding hydrogens is 517 g/mol. The fraction of sp³-hybridized carbons (Fsp3) is 0.357. The number of carbonyl (C=O) groups excluding carboxylic acids is 1. The molecule has 0 radical (unpaired) electrons. The van der Waals surface area contributed by atoms with Crippen LogP contribution in [-0.4, -0.2) is 44.4 Å². The minimum atomic E-state index is -0.488. The first-order chi connectivity index (χ1) is 18.5. The number of amides is 1. The van der Waals surface area contributed by atoms with E-state index in [0.29, 0.717) is 39.7 Å². The summed E-state index contributed by atoms with van der Waals surface area (Å²) < 4.78 is 16.9. The van der Waals surface area contributed by atoms with E-state index in [1.54, 1.807) is 11.0 Å². The lowest BCUT2D eigenvalue weighted by molar-refractivity contribution is 0.0999. The Balaban J connectivity index is 1.32. The van der Waals surface area contributed by atoms with E-state index < -0.39 is 11.4 Å². The van der Waals surface area contributed by atoms with Gasteiger partial charge in [-0.2, -0.15) is 10.2 Å². The van der Waals surface area contributed by atoms with Gasteiger partial charge in [-0.25, -0.2) is 9.49 Å². The van der Waals surface area contributed by atoms with Crippen LogP contribution >= 0.6 is 11.3 Å². The van der Waals surface area contributed by atoms with E-state index in [4.69, 9.17) is 0 Å². The van der Waals surface area contributed by atoms with Crippen molar-refractivity contribution < 1.29 is 9.18 Å². The van der Waals surface area contributed by atoms with E-state index in [1.807, 2.05) is 17.7 Å². The summed E-state index contributed by atoms with van der Waals surface area (Å²) in [5.41, 5.74) is 3.88. The number of anilines is 3. The predicted octanol–water partition coefficient (Wildman–Crippen LogP) is 4.79. The molecule has 0 aliphatic carbocycles. The molecule has 3 aromatic heterocycles. The van der Waals surface area contributed by atoms with E-state index in [1.165, 1.54) is 23.5 Å². The van der Waals surface area contributed by atoms with Crippen molar-refractivity contribution in [2.75, 3.05) is 23.8 Å². The fourth-order valence-electron chi connectivity index (χ4n) is 5.10. The largest absolute Gasteiger partial charge is 0.334 e. The monoisotopic (exact) mass is 547 g/mol. The summed E-state index contributed by atoms with van der Waals surface area (Å²) in [5, 5.41) is 14.4. The zero-order valence-electron chi connectivity index (χ0n) is 22.6. The molecule has 1 amide bonds. The first kappa shape index (κ1) is 25.4. The van der Waals surface area contributed by atoms with Gasteiger partial charge in [-0.05, 0) is 54.8 Å². The lowest BCUT2D eigenvalue weighted by Crippen LogP contribution is -2.30. The van der Waals surface area contributed by atoms with Gasteiger partial charge in [0, 0.05) is 29.6 Å². The molecule has 6 rings (SSSR count). The van der Waals surface area contributed by atoms with Gasteiger partial charge in [0.1, 0.15) is 11.5 Å². The maximum Gasteiger partial charge on any atom is 0.287 e. The Bertz CT molecular complexity index is 1680. The molecule has 9 nitrogen and oxygen atoms in total. The number of hydrogen-bond donors (Lipinski definition) is 2. The third-order valence-corrected chi connectivity index (χ3v) is 8.87. The second kappa shape index (κ2) is 9.13. The van der Waals surface area contributed by atoms with Crippen LogP contribution in [0.25, 0.3) is 11.3 Å². The van der Waals surface area contributed by atoms with Crippen LogP contribution in [-0.2, 0) is 25.0 Å². The second-order valence-corrected chi connectivity index (χ2v) is 12.4. The Labute approximate surface area is 229 Å². The van der Waals surface area contributed by atoms with Gasteiger partial charge in [0.25, 0.3) is 11.5 Å². The second-order valence-electron chi connectivity index (χ2n) is 11.3. The number of benzene rings is 1. The van der Waals surface area contributed by atoms with Crippen LogP contribution in [0.1, 0.15) is 52.1 Å². The van der Waals surface area contributed by atoms with Gasteiger partial charge < -0.3 is 10.2 Å². The van der Waals surface area contributed by atoms with Gasteiger partial charge in [0.2, 0.25) is 0 Å². The highest BCUT2D eigenvalue weighted by molar-refractivity contribution is 7.14. The summed E-state index contributed by atoms with van der Waals surface area (Å²) in [5.74, 6) is -0.0585. The number of nitrogens with one attached hydrogen (secondary N) is 2. The number of hydrogen-bond acceptors (Lipinski definition) is 7. The molecule has 2 N–H and O–H groups in total. The van der Waals surface area contributed by atoms with E-state index in [2.05, 4.69) is 59.4 Å². The molecule has 0 bridgehead atoms. The summed E-state index contributed by atoms with van der Waals surface area (Å²) in [4.78, 5) is 31.7. The third-order valence-electron chi connectivity index (χ3n) is 7.28. The lowest BCUT2D eigenvalue weighted by Gasteiger charge is -2.22. The highest BCUT2D eigenvalue weighted by Gasteiger charge is 2.34. The Morgan fingerprint density at radius 3 is 2.62 bits per heavy atom. The van der Waals surface area contributed by atoms with Crippen LogP contribution in [0.5, 0.6) is 0 Å². The summed E-state index contributed by atoms with van der Waals surface area (Å²) in [6, 6.07) is 8.36. The van der Waals surface area contributed by atoms with Crippen molar-refractivity contribution in [2.45, 2.75) is 52.7 Å². The molecule has 4 aromatic rings. The molecule has 0 fully saturated rings. The summed E-state index contributed by atoms with van der Waals surface area (Å²) >= 11 is 1.50. The minimum absolute atomic E-state index is 0.0457. The fourth-order valence-corrected chi connectivity index (χ4v) is 6.28. The molecule has 5 heterocycles. The molecule has 1 aromatic carbocycles. The topological polar surface area (TPSA) is 99.2 Å². The van der Waals surface area contributed by atoms with Crippen LogP contribution in [0, 0.1) is 12.7 Å². The van der Waals surface area contributed by atoms with Crippen molar-refractivity contribution in [2.24, 2.45) is 0 Å². The maximum absolute atomic E-state index is 15.0. The van der Waals surface area contributed by atoms with Crippen molar-refractivity contribution in [1.82, 2.24) is 24.9 Å². The number of aromatic amines is 1. The number of thiophene rings is 1. The van der Waals surface area contributed by atoms with Gasteiger partial charge in [-0.15, -0.1) is 11.3 Å². The van der Waals surface area contributed by atoms with E-state index in [-0.39, 0.29) is 17.0 Å². The molecule has 0 unspecified atom stereocenters. The standard InChI is InChI=1S/C28H30FN7O2S/c1-15-19(9-17(29)10-22(15)35-13-16-8-23(28(2,3)4)39-25(16)27(35)38)20-12-21(26(37)32-31-20)30-24-11-18-14-34(5)6-7-36(18)33-24/h8-12H,6-7,13-14H2,1-5H3,(H,32,37)(H,30,31,33). The number of likely N-dealkylation sites (N-methyl/N-ethyl adjacent to an activating group) is 1. The number of fused-ring (bicyclic) bond motifs is 2. The number of halogens is 1. The van der Waals surface area contributed by atoms with Crippen molar-refractivity contribution >= 4 is 34.4 Å². The molecule has 2 aliphatic rings. The number of carbonyl (C=O) groups is 1. The molecule has 2 aliphatic heterocycles. The first-order valence-electron chi connectivity index (χ1n) is 12.9. The van der Waals surface area contributed by atoms with Gasteiger partial charge in [0.05, 0.1) is 35.0 Å². The average molecular weight is 548 g/mol. The van der Waals surface area contributed by atoms with Gasteiger partial charge in [-0.1, -0.05) is 20.8 Å². The number of nitrogens with zero attached hydrogens (tertiary/aromatic N) is 5. The Kier molecular flexibility index (Phi) is 5.96. The zero-order valence-corrected chi connectivity index (χ0v) is 23.4. The van der Waals surface area contributed by atoms with Crippen LogP contribution in [0.2, 0.25) is 0 Å². The average Bonchev–Trinajstić information content (AvgIpc) is 3.55.